The fourth-order valence-corrected chi connectivity index (χ4v) is 2.05. The Balaban J connectivity index is 1.79. The maximum Gasteiger partial charge on any atom is 0.286 e. The van der Waals surface area contributed by atoms with E-state index in [4.69, 9.17) is 17.3 Å². The summed E-state index contributed by atoms with van der Waals surface area (Å²) in [7, 11) is 0. The second-order valence-corrected chi connectivity index (χ2v) is 4.98. The highest BCUT2D eigenvalue weighted by molar-refractivity contribution is 6.33. The van der Waals surface area contributed by atoms with Crippen LogP contribution >= 0.6 is 11.6 Å². The highest BCUT2D eigenvalue weighted by Gasteiger charge is 2.28. The molecule has 98 valence electrons. The molecule has 0 aromatic carbocycles. The molecule has 1 aliphatic heterocycles. The number of rotatable bonds is 3. The van der Waals surface area contributed by atoms with Gasteiger partial charge in [-0.05, 0) is 30.4 Å². The molecule has 0 radical (unpaired) electrons. The predicted molar refractivity (Wildman–Crippen MR) is 72.3 cm³/mol. The fourth-order valence-electron chi connectivity index (χ4n) is 1.91. The van der Waals surface area contributed by atoms with Crippen molar-refractivity contribution in [3.05, 3.63) is 28.7 Å². The molecule has 6 nitrogen and oxygen atoms in total. The lowest BCUT2D eigenvalue weighted by Gasteiger charge is -2.06. The number of nitrogens with two attached hydrogens (primary N) is 1. The number of aromatic nitrogens is 2. The smallest absolute Gasteiger partial charge is 0.286 e. The number of primary amides is 1. The first-order chi connectivity index (χ1) is 9.13. The van der Waals surface area contributed by atoms with Crippen molar-refractivity contribution < 1.29 is 4.79 Å². The molecule has 0 spiro atoms. The van der Waals surface area contributed by atoms with Gasteiger partial charge in [0, 0.05) is 0 Å². The van der Waals surface area contributed by atoms with Crippen molar-refractivity contribution in [1.29, 1.82) is 0 Å². The van der Waals surface area contributed by atoms with E-state index < -0.39 is 5.91 Å². The Labute approximate surface area is 114 Å². The number of carbonyl (C=O) groups is 1. The first-order valence-corrected chi connectivity index (χ1v) is 6.35. The van der Waals surface area contributed by atoms with E-state index in [0.717, 1.165) is 6.54 Å². The lowest BCUT2D eigenvalue weighted by atomic mass is 10.2. The van der Waals surface area contributed by atoms with Crippen molar-refractivity contribution in [2.24, 2.45) is 16.6 Å². The van der Waals surface area contributed by atoms with Gasteiger partial charge in [0.1, 0.15) is 10.9 Å². The zero-order valence-electron chi connectivity index (χ0n) is 10.1. The quantitative estimate of drug-likeness (QED) is 0.873. The van der Waals surface area contributed by atoms with Crippen LogP contribution in [0.3, 0.4) is 0 Å². The number of nitrogens with one attached hydrogen (secondary N) is 1. The van der Waals surface area contributed by atoms with Crippen LogP contribution in [-0.4, -0.2) is 28.3 Å². The fraction of sp³-hybridized carbons (Fsp3) is 0.333. The molecule has 1 aromatic heterocycles. The third-order valence-corrected chi connectivity index (χ3v) is 3.34. The van der Waals surface area contributed by atoms with Crippen molar-refractivity contribution in [3.8, 4) is 0 Å². The minimum absolute atomic E-state index is 0.0723. The van der Waals surface area contributed by atoms with Crippen LogP contribution in [0.5, 0.6) is 0 Å². The largest absolute Gasteiger partial charge is 0.363 e. The highest BCUT2D eigenvalue weighted by atomic mass is 35.5. The van der Waals surface area contributed by atoms with E-state index in [-0.39, 0.29) is 5.82 Å². The normalized spacial score (nSPS) is 17.9. The number of nitrogens with zero attached hydrogens (tertiary/aromatic N) is 3. The van der Waals surface area contributed by atoms with Gasteiger partial charge in [-0.3, -0.25) is 9.79 Å². The maximum atomic E-state index is 11.0. The summed E-state index contributed by atoms with van der Waals surface area (Å²) < 4.78 is 0. The van der Waals surface area contributed by atoms with Crippen LogP contribution in [-0.2, 0) is 0 Å². The summed E-state index contributed by atoms with van der Waals surface area (Å²) in [6, 6.07) is 0. The van der Waals surface area contributed by atoms with Crippen LogP contribution in [0.2, 0.25) is 5.02 Å². The van der Waals surface area contributed by atoms with Crippen molar-refractivity contribution in [3.63, 3.8) is 0 Å². The van der Waals surface area contributed by atoms with Crippen molar-refractivity contribution >= 4 is 29.2 Å². The molecule has 0 atom stereocenters. The third-order valence-electron chi connectivity index (χ3n) is 3.07. The Morgan fingerprint density at radius 3 is 2.95 bits per heavy atom. The summed E-state index contributed by atoms with van der Waals surface area (Å²) in [4.78, 5) is 23.1. The number of amides is 1. The summed E-state index contributed by atoms with van der Waals surface area (Å²) in [6.45, 7) is 0.721. The molecule has 0 unspecified atom stereocenters. The molecule has 0 bridgehead atoms. The van der Waals surface area contributed by atoms with Crippen LogP contribution in [0.25, 0.3) is 0 Å². The number of halogens is 1. The number of hydrogen-bond donors (Lipinski definition) is 2. The van der Waals surface area contributed by atoms with E-state index in [1.807, 2.05) is 6.08 Å². The topological polar surface area (TPSA) is 93.3 Å². The Morgan fingerprint density at radius 1 is 1.47 bits per heavy atom. The van der Waals surface area contributed by atoms with Crippen LogP contribution < -0.4 is 11.1 Å². The molecule has 1 aromatic rings. The molecule has 0 saturated heterocycles. The monoisotopic (exact) mass is 277 g/mol. The van der Waals surface area contributed by atoms with Gasteiger partial charge in [0.2, 0.25) is 5.82 Å². The Hall–Kier alpha value is -1.95. The molecule has 7 heteroatoms. The van der Waals surface area contributed by atoms with E-state index in [1.54, 1.807) is 0 Å². The van der Waals surface area contributed by atoms with Gasteiger partial charge < -0.3 is 11.1 Å². The number of anilines is 1. The summed E-state index contributed by atoms with van der Waals surface area (Å²) in [5.74, 6) is 0.972. The molecule has 3 rings (SSSR count). The molecular formula is C12H12ClN5O. The average Bonchev–Trinajstić information content (AvgIpc) is 3.13. The van der Waals surface area contributed by atoms with Crippen LogP contribution in [0.1, 0.15) is 23.5 Å². The van der Waals surface area contributed by atoms with E-state index in [0.29, 0.717) is 22.6 Å². The lowest BCUT2D eigenvalue weighted by Crippen LogP contribution is -2.17. The van der Waals surface area contributed by atoms with E-state index in [2.05, 4.69) is 20.3 Å². The molecule has 2 heterocycles. The minimum atomic E-state index is -0.692. The molecule has 1 amide bonds. The van der Waals surface area contributed by atoms with Gasteiger partial charge in [0.25, 0.3) is 5.91 Å². The molecule has 1 aliphatic carbocycles. The van der Waals surface area contributed by atoms with Crippen molar-refractivity contribution in [1.82, 2.24) is 9.97 Å². The highest BCUT2D eigenvalue weighted by Crippen LogP contribution is 2.37. The van der Waals surface area contributed by atoms with Gasteiger partial charge >= 0.3 is 0 Å². The van der Waals surface area contributed by atoms with E-state index in [9.17, 15) is 4.79 Å². The van der Waals surface area contributed by atoms with Gasteiger partial charge in [0.15, 0.2) is 5.82 Å². The summed E-state index contributed by atoms with van der Waals surface area (Å²) >= 11 is 5.98. The maximum absolute atomic E-state index is 11.0. The van der Waals surface area contributed by atoms with Gasteiger partial charge in [-0.15, -0.1) is 0 Å². The first-order valence-electron chi connectivity index (χ1n) is 5.98. The molecule has 1 saturated carbocycles. The van der Waals surface area contributed by atoms with E-state index >= 15 is 0 Å². The van der Waals surface area contributed by atoms with Crippen LogP contribution in [0, 0.1) is 5.92 Å². The van der Waals surface area contributed by atoms with Crippen molar-refractivity contribution in [2.75, 3.05) is 11.9 Å². The summed E-state index contributed by atoms with van der Waals surface area (Å²) in [6.07, 6.45) is 5.85. The predicted octanol–water partition coefficient (Wildman–Crippen LogP) is 1.39. The Bertz CT molecular complexity index is 606. The second-order valence-electron chi connectivity index (χ2n) is 4.57. The Kier molecular flexibility index (Phi) is 2.94. The number of amidine groups is 1. The van der Waals surface area contributed by atoms with Gasteiger partial charge in [0.05, 0.1) is 12.7 Å². The standard InChI is InChI=1S/C12H12ClN5O/c13-8-5-16-12(10(14)19)18-11(8)17-9-3-7(4-15-9)6-1-2-6/h3,5-6H,1-2,4H2,(H2,14,19)(H,15,16,17,18). The Morgan fingerprint density at radius 2 is 2.26 bits per heavy atom. The second kappa shape index (κ2) is 4.62. The molecule has 1 fully saturated rings. The molecule has 19 heavy (non-hydrogen) atoms. The van der Waals surface area contributed by atoms with Crippen molar-refractivity contribution in [2.45, 2.75) is 12.8 Å². The molecular weight excluding hydrogens is 266 g/mol. The minimum Gasteiger partial charge on any atom is -0.363 e. The summed E-state index contributed by atoms with van der Waals surface area (Å²) in [5.41, 5.74) is 6.47. The average molecular weight is 278 g/mol. The van der Waals surface area contributed by atoms with Gasteiger partial charge in [-0.25, -0.2) is 9.97 Å². The van der Waals surface area contributed by atoms with Gasteiger partial charge in [-0.1, -0.05) is 11.6 Å². The lowest BCUT2D eigenvalue weighted by molar-refractivity contribution is 0.0990. The zero-order chi connectivity index (χ0) is 13.4. The SMILES string of the molecule is NC(=O)c1ncc(Cl)c(NC2=NCC(C3CC3)=C2)n1. The summed E-state index contributed by atoms with van der Waals surface area (Å²) in [5, 5.41) is 3.32. The third kappa shape index (κ3) is 2.58. The molecule has 3 N–H and O–H groups in total. The molecule has 2 aliphatic rings. The zero-order valence-corrected chi connectivity index (χ0v) is 10.8. The first kappa shape index (κ1) is 12.1. The van der Waals surface area contributed by atoms with Crippen LogP contribution in [0.4, 0.5) is 5.82 Å². The number of aliphatic imine (C=N–C) groups is 1. The van der Waals surface area contributed by atoms with Crippen LogP contribution in [0.15, 0.2) is 22.8 Å². The number of hydrogen-bond acceptors (Lipinski definition) is 5. The number of carbonyl (C=O) groups excluding carboxylic acids is 1. The van der Waals surface area contributed by atoms with Gasteiger partial charge in [-0.2, -0.15) is 0 Å². The van der Waals surface area contributed by atoms with E-state index in [1.165, 1.54) is 24.6 Å².